The summed E-state index contributed by atoms with van der Waals surface area (Å²) in [4.78, 5) is 6.40. The molecule has 6 nitrogen and oxygen atoms in total. The lowest BCUT2D eigenvalue weighted by molar-refractivity contribution is 0.186. The van der Waals surface area contributed by atoms with Gasteiger partial charge in [-0.05, 0) is 19.2 Å². The second-order valence-corrected chi connectivity index (χ2v) is 7.75. The molecular formula is C11H19N3O3S2. The van der Waals surface area contributed by atoms with Crippen LogP contribution in [0.5, 0.6) is 0 Å². The van der Waals surface area contributed by atoms with E-state index in [2.05, 4.69) is 15.0 Å². The molecule has 1 aromatic heterocycles. The van der Waals surface area contributed by atoms with E-state index >= 15 is 0 Å². The van der Waals surface area contributed by atoms with Crippen molar-refractivity contribution in [2.24, 2.45) is 0 Å². The zero-order valence-electron chi connectivity index (χ0n) is 11.2. The van der Waals surface area contributed by atoms with Crippen molar-refractivity contribution in [2.75, 3.05) is 24.3 Å². The Morgan fingerprint density at radius 1 is 1.53 bits per heavy atom. The fraction of sp³-hybridized carbons (Fsp3) is 0.818. The van der Waals surface area contributed by atoms with Crippen LogP contribution < -0.4 is 0 Å². The standard InChI is InChI=1S/C11H19N3O3S2/c1-3-14(9-4-5-19(15,16)8-9)6-11-12-10(7-18-2)13-17-11/h9H,3-8H2,1-2H3. The lowest BCUT2D eigenvalue weighted by Gasteiger charge is -2.24. The van der Waals surface area contributed by atoms with Gasteiger partial charge in [0, 0.05) is 6.04 Å². The molecule has 1 aliphatic heterocycles. The quantitative estimate of drug-likeness (QED) is 0.774. The Balaban J connectivity index is 1.98. The first-order chi connectivity index (χ1) is 9.04. The van der Waals surface area contributed by atoms with Crippen LogP contribution in [0.4, 0.5) is 0 Å². The summed E-state index contributed by atoms with van der Waals surface area (Å²) in [6, 6.07) is 0.0749. The summed E-state index contributed by atoms with van der Waals surface area (Å²) in [5.74, 6) is 2.52. The third-order valence-corrected chi connectivity index (χ3v) is 5.55. The van der Waals surface area contributed by atoms with Crippen LogP contribution in [0.3, 0.4) is 0 Å². The van der Waals surface area contributed by atoms with Gasteiger partial charge in [0.1, 0.15) is 0 Å². The number of sulfone groups is 1. The van der Waals surface area contributed by atoms with Crippen LogP contribution in [0.15, 0.2) is 4.52 Å². The highest BCUT2D eigenvalue weighted by molar-refractivity contribution is 7.97. The van der Waals surface area contributed by atoms with Gasteiger partial charge >= 0.3 is 0 Å². The first-order valence-electron chi connectivity index (χ1n) is 6.29. The topological polar surface area (TPSA) is 76.3 Å². The number of rotatable bonds is 6. The summed E-state index contributed by atoms with van der Waals surface area (Å²) in [6.07, 6.45) is 2.68. The molecule has 2 heterocycles. The summed E-state index contributed by atoms with van der Waals surface area (Å²) in [6.45, 7) is 3.32. The zero-order chi connectivity index (χ0) is 13.9. The van der Waals surface area contributed by atoms with Gasteiger partial charge in [0.15, 0.2) is 15.7 Å². The van der Waals surface area contributed by atoms with E-state index in [9.17, 15) is 8.42 Å². The zero-order valence-corrected chi connectivity index (χ0v) is 12.8. The van der Waals surface area contributed by atoms with Crippen molar-refractivity contribution >= 4 is 21.6 Å². The minimum Gasteiger partial charge on any atom is -0.338 e. The minimum absolute atomic E-state index is 0.0749. The van der Waals surface area contributed by atoms with E-state index < -0.39 is 9.84 Å². The van der Waals surface area contributed by atoms with E-state index in [1.807, 2.05) is 13.2 Å². The fourth-order valence-electron chi connectivity index (χ4n) is 2.28. The highest BCUT2D eigenvalue weighted by Crippen LogP contribution is 2.19. The van der Waals surface area contributed by atoms with Gasteiger partial charge in [-0.3, -0.25) is 4.90 Å². The SMILES string of the molecule is CCN(Cc1nc(CSC)no1)C1CCS(=O)(=O)C1. The first kappa shape index (κ1) is 14.8. The molecule has 8 heteroatoms. The summed E-state index contributed by atoms with van der Waals surface area (Å²) >= 11 is 1.64. The summed E-state index contributed by atoms with van der Waals surface area (Å²) in [7, 11) is -2.86. The van der Waals surface area contributed by atoms with E-state index in [4.69, 9.17) is 4.52 Å². The number of aromatic nitrogens is 2. The van der Waals surface area contributed by atoms with E-state index in [1.54, 1.807) is 11.8 Å². The summed E-state index contributed by atoms with van der Waals surface area (Å²) < 4.78 is 28.2. The maximum Gasteiger partial charge on any atom is 0.240 e. The van der Waals surface area contributed by atoms with Crippen molar-refractivity contribution in [1.82, 2.24) is 15.0 Å². The molecule has 2 rings (SSSR count). The molecule has 1 unspecified atom stereocenters. The third-order valence-electron chi connectivity index (χ3n) is 3.25. The number of hydrogen-bond donors (Lipinski definition) is 0. The third kappa shape index (κ3) is 3.93. The van der Waals surface area contributed by atoms with Crippen molar-refractivity contribution in [3.63, 3.8) is 0 Å². The molecule has 0 radical (unpaired) electrons. The Morgan fingerprint density at radius 3 is 2.89 bits per heavy atom. The molecule has 108 valence electrons. The maximum absolute atomic E-state index is 11.5. The molecule has 0 amide bonds. The molecule has 1 fully saturated rings. The lowest BCUT2D eigenvalue weighted by Crippen LogP contribution is -2.35. The van der Waals surface area contributed by atoms with E-state index in [-0.39, 0.29) is 17.5 Å². The van der Waals surface area contributed by atoms with Gasteiger partial charge in [-0.15, -0.1) is 0 Å². The predicted octanol–water partition coefficient (Wildman–Crippen LogP) is 0.942. The molecule has 0 aromatic carbocycles. The monoisotopic (exact) mass is 305 g/mol. The van der Waals surface area contributed by atoms with Gasteiger partial charge in [0.2, 0.25) is 5.89 Å². The Kier molecular flexibility index (Phi) is 4.86. The van der Waals surface area contributed by atoms with Crippen LogP contribution in [-0.2, 0) is 22.1 Å². The van der Waals surface area contributed by atoms with Crippen molar-refractivity contribution in [3.05, 3.63) is 11.7 Å². The minimum atomic E-state index is -2.86. The summed E-state index contributed by atoms with van der Waals surface area (Å²) in [5.41, 5.74) is 0. The van der Waals surface area contributed by atoms with Crippen molar-refractivity contribution in [2.45, 2.75) is 31.7 Å². The van der Waals surface area contributed by atoms with E-state index in [0.29, 0.717) is 24.7 Å². The first-order valence-corrected chi connectivity index (χ1v) is 9.50. The van der Waals surface area contributed by atoms with Crippen LogP contribution in [-0.4, -0.2) is 53.8 Å². The van der Waals surface area contributed by atoms with Crippen molar-refractivity contribution < 1.29 is 12.9 Å². The van der Waals surface area contributed by atoms with Gasteiger partial charge in [0.05, 0.1) is 23.8 Å². The fourth-order valence-corrected chi connectivity index (χ4v) is 4.42. The highest BCUT2D eigenvalue weighted by Gasteiger charge is 2.32. The van der Waals surface area contributed by atoms with E-state index in [1.165, 1.54) is 0 Å². The van der Waals surface area contributed by atoms with Gasteiger partial charge in [-0.2, -0.15) is 16.7 Å². The smallest absolute Gasteiger partial charge is 0.240 e. The Bertz CT molecular complexity index is 515. The summed E-state index contributed by atoms with van der Waals surface area (Å²) in [5, 5.41) is 3.90. The lowest BCUT2D eigenvalue weighted by atomic mass is 10.2. The van der Waals surface area contributed by atoms with Gasteiger partial charge in [-0.25, -0.2) is 8.42 Å². The van der Waals surface area contributed by atoms with Crippen LogP contribution in [0.1, 0.15) is 25.1 Å². The molecule has 0 N–H and O–H groups in total. The molecule has 1 aromatic rings. The second kappa shape index (κ2) is 6.23. The number of thioether (sulfide) groups is 1. The molecule has 1 aliphatic rings. The number of nitrogens with zero attached hydrogens (tertiary/aromatic N) is 3. The van der Waals surface area contributed by atoms with E-state index in [0.717, 1.165) is 12.3 Å². The molecule has 0 spiro atoms. The van der Waals surface area contributed by atoms with Crippen LogP contribution in [0, 0.1) is 0 Å². The van der Waals surface area contributed by atoms with Crippen LogP contribution in [0.2, 0.25) is 0 Å². The van der Waals surface area contributed by atoms with Gasteiger partial charge < -0.3 is 4.52 Å². The van der Waals surface area contributed by atoms with Crippen LogP contribution in [0.25, 0.3) is 0 Å². The normalized spacial score (nSPS) is 22.2. The molecular weight excluding hydrogens is 286 g/mol. The van der Waals surface area contributed by atoms with Gasteiger partial charge in [0.25, 0.3) is 0 Å². The Labute approximate surface area is 117 Å². The molecule has 0 aliphatic carbocycles. The predicted molar refractivity (Wildman–Crippen MR) is 74.7 cm³/mol. The largest absolute Gasteiger partial charge is 0.338 e. The van der Waals surface area contributed by atoms with Gasteiger partial charge in [-0.1, -0.05) is 12.1 Å². The Morgan fingerprint density at radius 2 is 2.32 bits per heavy atom. The van der Waals surface area contributed by atoms with Crippen molar-refractivity contribution in [3.8, 4) is 0 Å². The molecule has 19 heavy (non-hydrogen) atoms. The average molecular weight is 305 g/mol. The highest BCUT2D eigenvalue weighted by atomic mass is 32.2. The molecule has 1 saturated heterocycles. The van der Waals surface area contributed by atoms with Crippen molar-refractivity contribution in [1.29, 1.82) is 0 Å². The Hall–Kier alpha value is -0.600. The van der Waals surface area contributed by atoms with Crippen LogP contribution >= 0.6 is 11.8 Å². The maximum atomic E-state index is 11.5. The molecule has 1 atom stereocenters. The number of hydrogen-bond acceptors (Lipinski definition) is 7. The average Bonchev–Trinajstić information content (AvgIpc) is 2.93. The second-order valence-electron chi connectivity index (χ2n) is 4.66. The molecule has 0 saturated carbocycles. The molecule has 0 bridgehead atoms.